The fourth-order valence-corrected chi connectivity index (χ4v) is 0.986. The summed E-state index contributed by atoms with van der Waals surface area (Å²) in [5.74, 6) is -6.38. The first-order valence-electron chi connectivity index (χ1n) is 3.94. The number of carboxylic acids is 1. The Morgan fingerprint density at radius 1 is 1.00 bits per heavy atom. The number of hydrogen-bond donors (Lipinski definition) is 1. The highest BCUT2D eigenvalue weighted by Crippen LogP contribution is 2.43. The Morgan fingerprint density at radius 3 is 1.75 bits per heavy atom. The molecule has 0 saturated heterocycles. The van der Waals surface area contributed by atoms with E-state index in [-0.39, 0.29) is 5.56 Å². The number of carboxylic acid groups (broad SMARTS) is 1. The Hall–Kier alpha value is -1.66. The molecule has 2 nitrogen and oxygen atoms in total. The largest absolute Gasteiger partial charge is 0.478 e. The van der Waals surface area contributed by atoms with Crippen molar-refractivity contribution in [3.63, 3.8) is 0 Å². The van der Waals surface area contributed by atoms with E-state index in [9.17, 15) is 26.7 Å². The lowest BCUT2D eigenvalue weighted by atomic mass is 10.1. The number of aromatic carboxylic acids is 1. The van der Waals surface area contributed by atoms with Crippen molar-refractivity contribution in [1.82, 2.24) is 0 Å². The SMILES string of the molecule is O=C(O)c1ccc(C(F)(F)C(F)(F)F)cc1. The van der Waals surface area contributed by atoms with Crippen molar-refractivity contribution in [2.24, 2.45) is 0 Å². The van der Waals surface area contributed by atoms with Gasteiger partial charge in [0.15, 0.2) is 0 Å². The quantitative estimate of drug-likeness (QED) is 0.806. The predicted octanol–water partition coefficient (Wildman–Crippen LogP) is 3.04. The van der Waals surface area contributed by atoms with Gasteiger partial charge in [-0.15, -0.1) is 0 Å². The molecular weight excluding hydrogens is 235 g/mol. The molecule has 0 atom stereocenters. The van der Waals surface area contributed by atoms with E-state index in [1.54, 1.807) is 0 Å². The van der Waals surface area contributed by atoms with Gasteiger partial charge in [0.1, 0.15) is 0 Å². The van der Waals surface area contributed by atoms with Gasteiger partial charge in [-0.25, -0.2) is 4.79 Å². The Bertz CT molecular complexity index is 393. The molecule has 0 aliphatic carbocycles. The van der Waals surface area contributed by atoms with Gasteiger partial charge in [-0.1, -0.05) is 12.1 Å². The summed E-state index contributed by atoms with van der Waals surface area (Å²) < 4.78 is 61.2. The van der Waals surface area contributed by atoms with Gasteiger partial charge in [0.2, 0.25) is 0 Å². The molecule has 1 aromatic carbocycles. The molecule has 88 valence electrons. The zero-order chi connectivity index (χ0) is 12.6. The Labute approximate surface area is 86.3 Å². The maximum absolute atomic E-state index is 12.7. The molecule has 0 heterocycles. The fraction of sp³-hybridized carbons (Fsp3) is 0.222. The highest BCUT2D eigenvalue weighted by Gasteiger charge is 2.58. The Morgan fingerprint density at radius 2 is 1.44 bits per heavy atom. The molecule has 0 amide bonds. The minimum absolute atomic E-state index is 0.360. The van der Waals surface area contributed by atoms with Crippen LogP contribution in [0.1, 0.15) is 15.9 Å². The Kier molecular flexibility index (Phi) is 2.89. The normalized spacial score (nSPS) is 12.6. The Balaban J connectivity index is 3.11. The van der Waals surface area contributed by atoms with Crippen LogP contribution in [0.2, 0.25) is 0 Å². The second-order valence-corrected chi connectivity index (χ2v) is 2.95. The fourth-order valence-electron chi connectivity index (χ4n) is 0.986. The van der Waals surface area contributed by atoms with Gasteiger partial charge in [-0.05, 0) is 12.1 Å². The minimum Gasteiger partial charge on any atom is -0.478 e. The van der Waals surface area contributed by atoms with E-state index < -0.39 is 23.6 Å². The van der Waals surface area contributed by atoms with Crippen LogP contribution in [0.3, 0.4) is 0 Å². The van der Waals surface area contributed by atoms with Crippen molar-refractivity contribution in [2.45, 2.75) is 12.1 Å². The van der Waals surface area contributed by atoms with Crippen LogP contribution < -0.4 is 0 Å². The van der Waals surface area contributed by atoms with Crippen LogP contribution in [0.25, 0.3) is 0 Å². The number of alkyl halides is 5. The first-order valence-corrected chi connectivity index (χ1v) is 3.94. The van der Waals surface area contributed by atoms with Crippen molar-refractivity contribution in [2.75, 3.05) is 0 Å². The van der Waals surface area contributed by atoms with Crippen molar-refractivity contribution >= 4 is 5.97 Å². The van der Waals surface area contributed by atoms with E-state index in [0.717, 1.165) is 0 Å². The molecule has 0 fully saturated rings. The van der Waals surface area contributed by atoms with Crippen molar-refractivity contribution in [1.29, 1.82) is 0 Å². The zero-order valence-corrected chi connectivity index (χ0v) is 7.55. The van der Waals surface area contributed by atoms with Gasteiger partial charge in [-0.3, -0.25) is 0 Å². The van der Waals surface area contributed by atoms with Gasteiger partial charge in [-0.2, -0.15) is 22.0 Å². The van der Waals surface area contributed by atoms with Crippen LogP contribution in [0, 0.1) is 0 Å². The summed E-state index contributed by atoms with van der Waals surface area (Å²) in [6.07, 6.45) is -5.70. The van der Waals surface area contributed by atoms with Gasteiger partial charge < -0.3 is 5.11 Å². The summed E-state index contributed by atoms with van der Waals surface area (Å²) in [5.41, 5.74) is -1.65. The van der Waals surface area contributed by atoms with E-state index in [0.29, 0.717) is 24.3 Å². The summed E-state index contributed by atoms with van der Waals surface area (Å²) >= 11 is 0. The third-order valence-electron chi connectivity index (χ3n) is 1.85. The molecule has 0 radical (unpaired) electrons. The van der Waals surface area contributed by atoms with Crippen LogP contribution in [-0.4, -0.2) is 17.3 Å². The van der Waals surface area contributed by atoms with E-state index in [1.165, 1.54) is 0 Å². The monoisotopic (exact) mass is 240 g/mol. The summed E-state index contributed by atoms with van der Waals surface area (Å²) in [4.78, 5) is 10.3. The lowest BCUT2D eigenvalue weighted by Gasteiger charge is -2.19. The van der Waals surface area contributed by atoms with Gasteiger partial charge >= 0.3 is 18.1 Å². The minimum atomic E-state index is -5.70. The number of benzene rings is 1. The molecule has 7 heteroatoms. The molecule has 1 aromatic rings. The van der Waals surface area contributed by atoms with Gasteiger partial charge in [0.25, 0.3) is 0 Å². The molecule has 1 N–H and O–H groups in total. The second-order valence-electron chi connectivity index (χ2n) is 2.95. The predicted molar refractivity (Wildman–Crippen MR) is 43.4 cm³/mol. The molecule has 0 aromatic heterocycles. The van der Waals surface area contributed by atoms with Crippen molar-refractivity contribution in [3.05, 3.63) is 35.4 Å². The van der Waals surface area contributed by atoms with E-state index >= 15 is 0 Å². The molecule has 0 bridgehead atoms. The molecule has 0 spiro atoms. The van der Waals surface area contributed by atoms with Crippen LogP contribution in [0.5, 0.6) is 0 Å². The zero-order valence-electron chi connectivity index (χ0n) is 7.55. The lowest BCUT2D eigenvalue weighted by Crippen LogP contribution is -2.33. The molecule has 0 unspecified atom stereocenters. The molecular formula is C9H5F5O2. The third-order valence-corrected chi connectivity index (χ3v) is 1.85. The number of rotatable bonds is 2. The van der Waals surface area contributed by atoms with Gasteiger partial charge in [0, 0.05) is 5.56 Å². The van der Waals surface area contributed by atoms with Crippen molar-refractivity contribution < 1.29 is 31.9 Å². The van der Waals surface area contributed by atoms with Gasteiger partial charge in [0.05, 0.1) is 5.56 Å². The maximum atomic E-state index is 12.7. The second kappa shape index (κ2) is 3.73. The van der Waals surface area contributed by atoms with E-state index in [4.69, 9.17) is 5.11 Å². The summed E-state index contributed by atoms with van der Waals surface area (Å²) in [6, 6.07) is 2.27. The molecule has 0 saturated carbocycles. The number of carbonyl (C=O) groups is 1. The highest BCUT2D eigenvalue weighted by atomic mass is 19.4. The van der Waals surface area contributed by atoms with Crippen LogP contribution >= 0.6 is 0 Å². The summed E-state index contributed by atoms with van der Waals surface area (Å²) in [7, 11) is 0. The first-order chi connectivity index (χ1) is 7.16. The molecule has 0 aliphatic rings. The lowest BCUT2D eigenvalue weighted by molar-refractivity contribution is -0.289. The number of hydrogen-bond acceptors (Lipinski definition) is 1. The third kappa shape index (κ3) is 2.12. The maximum Gasteiger partial charge on any atom is 0.458 e. The summed E-state index contributed by atoms with van der Waals surface area (Å²) in [5, 5.41) is 8.43. The van der Waals surface area contributed by atoms with E-state index in [2.05, 4.69) is 0 Å². The standard InChI is InChI=1S/C9H5F5O2/c10-8(11,9(12,13)14)6-3-1-5(2-4-6)7(15)16/h1-4H,(H,15,16). The first kappa shape index (κ1) is 12.4. The average molecular weight is 240 g/mol. The van der Waals surface area contributed by atoms with Crippen LogP contribution in [-0.2, 0) is 5.92 Å². The number of halogens is 5. The smallest absolute Gasteiger partial charge is 0.458 e. The van der Waals surface area contributed by atoms with Crippen LogP contribution in [0.15, 0.2) is 24.3 Å². The van der Waals surface area contributed by atoms with Crippen LogP contribution in [0.4, 0.5) is 22.0 Å². The topological polar surface area (TPSA) is 37.3 Å². The highest BCUT2D eigenvalue weighted by molar-refractivity contribution is 5.87. The van der Waals surface area contributed by atoms with E-state index in [1.807, 2.05) is 0 Å². The molecule has 16 heavy (non-hydrogen) atoms. The molecule has 0 aliphatic heterocycles. The summed E-state index contributed by atoms with van der Waals surface area (Å²) in [6.45, 7) is 0. The van der Waals surface area contributed by atoms with Crippen molar-refractivity contribution in [3.8, 4) is 0 Å². The molecule has 1 rings (SSSR count). The average Bonchev–Trinajstić information content (AvgIpc) is 2.16.